The van der Waals surface area contributed by atoms with E-state index in [2.05, 4.69) is 5.32 Å². The van der Waals surface area contributed by atoms with Crippen molar-refractivity contribution in [3.8, 4) is 0 Å². The highest BCUT2D eigenvalue weighted by molar-refractivity contribution is 5.86. The summed E-state index contributed by atoms with van der Waals surface area (Å²) in [4.78, 5) is 26.4. The fraction of sp³-hybridized carbons (Fsp3) is 0.556. The largest absolute Gasteiger partial charge is 0.354 e. The van der Waals surface area contributed by atoms with Gasteiger partial charge in [-0.05, 0) is 24.8 Å². The number of hydrogen-bond acceptors (Lipinski definition) is 3. The van der Waals surface area contributed by atoms with Crippen LogP contribution in [-0.4, -0.2) is 43.4 Å². The first kappa shape index (κ1) is 20.5. The standard InChI is InChI=1S/C18H27N3O2.ClH/c1-21(2)17(23)18(10-6-7-11-18)13-20-16(22)15(19)12-14-8-4-3-5-9-14;/h3-5,8-9,15H,6-7,10-13,19H2,1-2H3,(H,20,22);1H/t15-;/m0./s1. The van der Waals surface area contributed by atoms with Gasteiger partial charge in [0.1, 0.15) is 0 Å². The maximum Gasteiger partial charge on any atom is 0.237 e. The molecule has 0 heterocycles. The van der Waals surface area contributed by atoms with Crippen molar-refractivity contribution in [1.29, 1.82) is 0 Å². The highest BCUT2D eigenvalue weighted by Gasteiger charge is 2.42. The first-order chi connectivity index (χ1) is 10.9. The Morgan fingerprint density at radius 2 is 1.79 bits per heavy atom. The van der Waals surface area contributed by atoms with Crippen molar-refractivity contribution >= 4 is 24.2 Å². The molecule has 0 aromatic heterocycles. The van der Waals surface area contributed by atoms with Gasteiger partial charge in [0, 0.05) is 20.6 Å². The molecule has 0 spiro atoms. The minimum absolute atomic E-state index is 0. The summed E-state index contributed by atoms with van der Waals surface area (Å²) in [5, 5.41) is 2.91. The summed E-state index contributed by atoms with van der Waals surface area (Å²) in [5.41, 5.74) is 6.59. The molecule has 5 nitrogen and oxygen atoms in total. The SMILES string of the molecule is CN(C)C(=O)C1(CNC(=O)[C@@H](N)Cc2ccccc2)CCCC1.Cl. The Labute approximate surface area is 150 Å². The maximum absolute atomic E-state index is 12.5. The Morgan fingerprint density at radius 1 is 1.21 bits per heavy atom. The van der Waals surface area contributed by atoms with Crippen LogP contribution in [0.3, 0.4) is 0 Å². The second kappa shape index (κ2) is 9.04. The monoisotopic (exact) mass is 353 g/mol. The minimum Gasteiger partial charge on any atom is -0.354 e. The molecule has 2 amide bonds. The van der Waals surface area contributed by atoms with Crippen LogP contribution in [0.5, 0.6) is 0 Å². The minimum atomic E-state index is -0.592. The molecule has 0 saturated heterocycles. The van der Waals surface area contributed by atoms with Gasteiger partial charge in [-0.2, -0.15) is 0 Å². The van der Waals surface area contributed by atoms with Crippen LogP contribution in [0, 0.1) is 5.41 Å². The summed E-state index contributed by atoms with van der Waals surface area (Å²) in [6, 6.07) is 9.13. The number of carbonyl (C=O) groups is 2. The zero-order chi connectivity index (χ0) is 16.9. The van der Waals surface area contributed by atoms with E-state index < -0.39 is 11.5 Å². The van der Waals surface area contributed by atoms with Crippen molar-refractivity contribution in [3.63, 3.8) is 0 Å². The van der Waals surface area contributed by atoms with Gasteiger partial charge in [0.05, 0.1) is 11.5 Å². The lowest BCUT2D eigenvalue weighted by atomic mass is 9.84. The molecule has 6 heteroatoms. The average Bonchev–Trinajstić information content (AvgIpc) is 3.02. The second-order valence-corrected chi connectivity index (χ2v) is 6.70. The predicted molar refractivity (Wildman–Crippen MR) is 98.0 cm³/mol. The first-order valence-electron chi connectivity index (χ1n) is 8.23. The van der Waals surface area contributed by atoms with Crippen molar-refractivity contribution in [2.24, 2.45) is 11.1 Å². The van der Waals surface area contributed by atoms with Crippen LogP contribution in [0.25, 0.3) is 0 Å². The van der Waals surface area contributed by atoms with Crippen LogP contribution >= 0.6 is 12.4 Å². The second-order valence-electron chi connectivity index (χ2n) is 6.70. The van der Waals surface area contributed by atoms with E-state index in [4.69, 9.17) is 5.73 Å². The molecule has 1 aromatic rings. The van der Waals surface area contributed by atoms with Crippen molar-refractivity contribution in [2.45, 2.75) is 38.1 Å². The molecule has 1 atom stereocenters. The van der Waals surface area contributed by atoms with Crippen LogP contribution in [0.15, 0.2) is 30.3 Å². The number of nitrogens with zero attached hydrogens (tertiary/aromatic N) is 1. The molecule has 134 valence electrons. The third-order valence-electron chi connectivity index (χ3n) is 4.66. The molecular formula is C18H28ClN3O2. The predicted octanol–water partition coefficient (Wildman–Crippen LogP) is 1.74. The number of amides is 2. The van der Waals surface area contributed by atoms with Gasteiger partial charge in [-0.25, -0.2) is 0 Å². The normalized spacial score (nSPS) is 16.8. The van der Waals surface area contributed by atoms with Crippen molar-refractivity contribution in [2.75, 3.05) is 20.6 Å². The fourth-order valence-corrected chi connectivity index (χ4v) is 3.34. The number of halogens is 1. The Bertz CT molecular complexity index is 542. The molecule has 1 aliphatic carbocycles. The molecule has 1 saturated carbocycles. The van der Waals surface area contributed by atoms with Crippen LogP contribution in [0.2, 0.25) is 0 Å². The van der Waals surface area contributed by atoms with Crippen molar-refractivity contribution in [1.82, 2.24) is 10.2 Å². The summed E-state index contributed by atoms with van der Waals surface area (Å²) >= 11 is 0. The average molecular weight is 354 g/mol. The molecule has 1 fully saturated rings. The van der Waals surface area contributed by atoms with Gasteiger partial charge < -0.3 is 16.0 Å². The van der Waals surface area contributed by atoms with E-state index in [0.29, 0.717) is 13.0 Å². The number of nitrogens with two attached hydrogens (primary N) is 1. The molecule has 1 aliphatic rings. The van der Waals surface area contributed by atoms with E-state index in [1.54, 1.807) is 19.0 Å². The highest BCUT2D eigenvalue weighted by atomic mass is 35.5. The molecule has 0 aliphatic heterocycles. The zero-order valence-corrected chi connectivity index (χ0v) is 15.3. The number of rotatable bonds is 6. The lowest BCUT2D eigenvalue weighted by Gasteiger charge is -2.31. The van der Waals surface area contributed by atoms with Crippen molar-refractivity contribution < 1.29 is 9.59 Å². The van der Waals surface area contributed by atoms with Crippen molar-refractivity contribution in [3.05, 3.63) is 35.9 Å². The number of nitrogens with one attached hydrogen (secondary N) is 1. The summed E-state index contributed by atoms with van der Waals surface area (Å²) < 4.78 is 0. The van der Waals surface area contributed by atoms with Crippen LogP contribution < -0.4 is 11.1 Å². The molecule has 0 radical (unpaired) electrons. The summed E-state index contributed by atoms with van der Waals surface area (Å²) in [5.74, 6) is -0.0846. The summed E-state index contributed by atoms with van der Waals surface area (Å²) in [7, 11) is 3.54. The lowest BCUT2D eigenvalue weighted by Crippen LogP contribution is -2.50. The smallest absolute Gasteiger partial charge is 0.237 e. The fourth-order valence-electron chi connectivity index (χ4n) is 3.34. The molecule has 1 aromatic carbocycles. The third kappa shape index (κ3) is 4.95. The van der Waals surface area contributed by atoms with Crippen LogP contribution in [0.4, 0.5) is 0 Å². The Balaban J connectivity index is 0.00000288. The first-order valence-corrected chi connectivity index (χ1v) is 8.23. The number of carbonyl (C=O) groups excluding carboxylic acids is 2. The Morgan fingerprint density at radius 3 is 2.33 bits per heavy atom. The van der Waals surface area contributed by atoms with E-state index in [1.165, 1.54) is 0 Å². The molecule has 24 heavy (non-hydrogen) atoms. The summed E-state index contributed by atoms with van der Waals surface area (Å²) in [6.45, 7) is 0.380. The molecule has 0 unspecified atom stereocenters. The number of benzene rings is 1. The van der Waals surface area contributed by atoms with E-state index in [0.717, 1.165) is 31.2 Å². The topological polar surface area (TPSA) is 75.4 Å². The maximum atomic E-state index is 12.5. The Kier molecular flexibility index (Phi) is 7.70. The highest BCUT2D eigenvalue weighted by Crippen LogP contribution is 2.38. The Hall–Kier alpha value is -1.59. The third-order valence-corrected chi connectivity index (χ3v) is 4.66. The number of hydrogen-bond donors (Lipinski definition) is 2. The van der Waals surface area contributed by atoms with Crippen LogP contribution in [0.1, 0.15) is 31.2 Å². The van der Waals surface area contributed by atoms with Gasteiger partial charge in [0.15, 0.2) is 0 Å². The zero-order valence-electron chi connectivity index (χ0n) is 14.5. The lowest BCUT2D eigenvalue weighted by molar-refractivity contribution is -0.139. The van der Waals surface area contributed by atoms with Gasteiger partial charge in [0.2, 0.25) is 11.8 Å². The van der Waals surface area contributed by atoms with Gasteiger partial charge in [-0.3, -0.25) is 9.59 Å². The van der Waals surface area contributed by atoms with E-state index in [1.807, 2.05) is 30.3 Å². The summed E-state index contributed by atoms with van der Waals surface area (Å²) in [6.07, 6.45) is 4.23. The molecule has 0 bridgehead atoms. The van der Waals surface area contributed by atoms with E-state index >= 15 is 0 Å². The van der Waals surface area contributed by atoms with Gasteiger partial charge in [0.25, 0.3) is 0 Å². The van der Waals surface area contributed by atoms with Gasteiger partial charge in [-0.15, -0.1) is 12.4 Å². The molecule has 3 N–H and O–H groups in total. The van der Waals surface area contributed by atoms with Gasteiger partial charge in [-0.1, -0.05) is 43.2 Å². The van der Waals surface area contributed by atoms with E-state index in [-0.39, 0.29) is 24.2 Å². The molecular weight excluding hydrogens is 326 g/mol. The van der Waals surface area contributed by atoms with Crippen LogP contribution in [-0.2, 0) is 16.0 Å². The van der Waals surface area contributed by atoms with E-state index in [9.17, 15) is 9.59 Å². The van der Waals surface area contributed by atoms with Gasteiger partial charge >= 0.3 is 0 Å². The quantitative estimate of drug-likeness (QED) is 0.818. The molecule has 2 rings (SSSR count).